The van der Waals surface area contributed by atoms with E-state index in [2.05, 4.69) is 0 Å². The summed E-state index contributed by atoms with van der Waals surface area (Å²) in [6.45, 7) is 1.92. The molecular formula is C17H14O3. The lowest BCUT2D eigenvalue weighted by molar-refractivity contribution is 0.112. The van der Waals surface area contributed by atoms with E-state index >= 15 is 0 Å². The zero-order valence-corrected chi connectivity index (χ0v) is 11.3. The number of benzene rings is 2. The lowest BCUT2D eigenvalue weighted by Crippen LogP contribution is -1.87. The van der Waals surface area contributed by atoms with E-state index < -0.39 is 0 Å². The van der Waals surface area contributed by atoms with Crippen molar-refractivity contribution in [3.8, 4) is 16.9 Å². The van der Waals surface area contributed by atoms with Crippen LogP contribution in [0.2, 0.25) is 0 Å². The summed E-state index contributed by atoms with van der Waals surface area (Å²) in [5.74, 6) is 1.39. The van der Waals surface area contributed by atoms with Gasteiger partial charge in [-0.15, -0.1) is 0 Å². The number of ether oxygens (including phenoxy) is 1. The molecule has 0 atom stereocenters. The first kappa shape index (κ1) is 12.5. The molecule has 0 unspecified atom stereocenters. The quantitative estimate of drug-likeness (QED) is 0.666. The molecule has 0 spiro atoms. The number of carbonyl (C=O) groups is 1. The SMILES string of the molecule is COc1cc(C=O)cc2c(-c3ccccc3)c(C)oc12. The van der Waals surface area contributed by atoms with Gasteiger partial charge < -0.3 is 9.15 Å². The Labute approximate surface area is 116 Å². The fourth-order valence-electron chi connectivity index (χ4n) is 2.49. The molecule has 3 rings (SSSR count). The van der Waals surface area contributed by atoms with Gasteiger partial charge in [-0.25, -0.2) is 0 Å². The summed E-state index contributed by atoms with van der Waals surface area (Å²) in [7, 11) is 1.57. The minimum Gasteiger partial charge on any atom is -0.493 e. The van der Waals surface area contributed by atoms with Gasteiger partial charge in [0.25, 0.3) is 0 Å². The molecule has 0 N–H and O–H groups in total. The molecule has 0 bridgehead atoms. The molecule has 0 saturated carbocycles. The lowest BCUT2D eigenvalue weighted by Gasteiger charge is -2.03. The van der Waals surface area contributed by atoms with Crippen LogP contribution in [0.4, 0.5) is 0 Å². The number of methoxy groups -OCH3 is 1. The highest BCUT2D eigenvalue weighted by Gasteiger charge is 2.17. The summed E-state index contributed by atoms with van der Waals surface area (Å²) in [4.78, 5) is 11.1. The van der Waals surface area contributed by atoms with Crippen molar-refractivity contribution in [2.45, 2.75) is 6.92 Å². The summed E-state index contributed by atoms with van der Waals surface area (Å²) in [5, 5.41) is 0.898. The molecule has 20 heavy (non-hydrogen) atoms. The van der Waals surface area contributed by atoms with E-state index in [4.69, 9.17) is 9.15 Å². The Morgan fingerprint density at radius 3 is 2.55 bits per heavy atom. The van der Waals surface area contributed by atoms with Gasteiger partial charge in [0.05, 0.1) is 7.11 Å². The summed E-state index contributed by atoms with van der Waals surface area (Å²) in [5.41, 5.74) is 3.32. The van der Waals surface area contributed by atoms with E-state index in [1.165, 1.54) is 0 Å². The van der Waals surface area contributed by atoms with Crippen LogP contribution >= 0.6 is 0 Å². The van der Waals surface area contributed by atoms with Gasteiger partial charge in [0.1, 0.15) is 12.0 Å². The van der Waals surface area contributed by atoms with Gasteiger partial charge in [0.2, 0.25) is 0 Å². The van der Waals surface area contributed by atoms with Crippen LogP contribution in [0.5, 0.6) is 5.75 Å². The highest BCUT2D eigenvalue weighted by molar-refractivity contribution is 6.01. The molecule has 0 aliphatic heterocycles. The van der Waals surface area contributed by atoms with E-state index in [1.807, 2.05) is 43.3 Å². The van der Waals surface area contributed by atoms with Gasteiger partial charge in [-0.3, -0.25) is 4.79 Å². The van der Waals surface area contributed by atoms with E-state index in [9.17, 15) is 4.79 Å². The zero-order chi connectivity index (χ0) is 14.1. The molecule has 3 aromatic rings. The van der Waals surface area contributed by atoms with E-state index in [0.29, 0.717) is 16.9 Å². The van der Waals surface area contributed by atoms with Gasteiger partial charge in [-0.2, -0.15) is 0 Å². The minimum absolute atomic E-state index is 0.576. The predicted octanol–water partition coefficient (Wildman–Crippen LogP) is 4.23. The second kappa shape index (κ2) is 4.85. The average molecular weight is 266 g/mol. The van der Waals surface area contributed by atoms with Crippen molar-refractivity contribution < 1.29 is 13.9 Å². The number of hydrogen-bond acceptors (Lipinski definition) is 3. The standard InChI is InChI=1S/C17H14O3/c1-11-16(13-6-4-3-5-7-13)14-8-12(10-18)9-15(19-2)17(14)20-11/h3-10H,1-2H3. The third kappa shape index (κ3) is 1.88. The Bertz CT molecular complexity index is 770. The van der Waals surface area contributed by atoms with E-state index in [0.717, 1.165) is 28.6 Å². The Hall–Kier alpha value is -2.55. The molecule has 3 nitrogen and oxygen atoms in total. The Morgan fingerprint density at radius 1 is 1.15 bits per heavy atom. The van der Waals surface area contributed by atoms with Gasteiger partial charge in [-0.1, -0.05) is 30.3 Å². The van der Waals surface area contributed by atoms with Crippen LogP contribution in [0, 0.1) is 6.92 Å². The van der Waals surface area contributed by atoms with E-state index in [-0.39, 0.29) is 0 Å². The summed E-state index contributed by atoms with van der Waals surface area (Å²) >= 11 is 0. The van der Waals surface area contributed by atoms with Crippen molar-refractivity contribution in [2.24, 2.45) is 0 Å². The second-order valence-electron chi connectivity index (χ2n) is 4.62. The first-order chi connectivity index (χ1) is 9.74. The summed E-state index contributed by atoms with van der Waals surface area (Å²) in [6.07, 6.45) is 0.819. The Kier molecular flexibility index (Phi) is 3.03. The Balaban J connectivity index is 2.38. The molecule has 0 saturated heterocycles. The van der Waals surface area contributed by atoms with Gasteiger partial charge in [0, 0.05) is 16.5 Å². The van der Waals surface area contributed by atoms with Crippen LogP contribution in [-0.4, -0.2) is 13.4 Å². The molecule has 100 valence electrons. The van der Waals surface area contributed by atoms with Crippen LogP contribution in [-0.2, 0) is 0 Å². The summed E-state index contributed by atoms with van der Waals surface area (Å²) < 4.78 is 11.2. The maximum atomic E-state index is 11.1. The lowest BCUT2D eigenvalue weighted by atomic mass is 10.0. The summed E-state index contributed by atoms with van der Waals surface area (Å²) in [6, 6.07) is 13.5. The molecule has 1 aromatic heterocycles. The number of carbonyl (C=O) groups excluding carboxylic acids is 1. The number of hydrogen-bond donors (Lipinski definition) is 0. The van der Waals surface area contributed by atoms with Crippen LogP contribution < -0.4 is 4.74 Å². The van der Waals surface area contributed by atoms with Crippen LogP contribution in [0.25, 0.3) is 22.1 Å². The first-order valence-corrected chi connectivity index (χ1v) is 6.36. The second-order valence-corrected chi connectivity index (χ2v) is 4.62. The Morgan fingerprint density at radius 2 is 1.90 bits per heavy atom. The first-order valence-electron chi connectivity index (χ1n) is 6.36. The highest BCUT2D eigenvalue weighted by atomic mass is 16.5. The molecule has 0 fully saturated rings. The van der Waals surface area contributed by atoms with Crippen LogP contribution in [0.15, 0.2) is 46.9 Å². The van der Waals surface area contributed by atoms with Crippen molar-refractivity contribution in [1.82, 2.24) is 0 Å². The molecule has 3 heteroatoms. The average Bonchev–Trinajstić information content (AvgIpc) is 2.82. The van der Waals surface area contributed by atoms with Gasteiger partial charge >= 0.3 is 0 Å². The smallest absolute Gasteiger partial charge is 0.176 e. The van der Waals surface area contributed by atoms with Crippen LogP contribution in [0.3, 0.4) is 0 Å². The number of aldehydes is 1. The number of rotatable bonds is 3. The largest absolute Gasteiger partial charge is 0.493 e. The number of furan rings is 1. The van der Waals surface area contributed by atoms with Crippen LogP contribution in [0.1, 0.15) is 16.1 Å². The minimum atomic E-state index is 0.576. The van der Waals surface area contributed by atoms with Gasteiger partial charge in [-0.05, 0) is 24.6 Å². The highest BCUT2D eigenvalue weighted by Crippen LogP contribution is 2.39. The molecule has 0 amide bonds. The molecule has 0 aliphatic rings. The predicted molar refractivity (Wildman–Crippen MR) is 78.3 cm³/mol. The maximum absolute atomic E-state index is 11.1. The molecule has 0 radical (unpaired) electrons. The molecular weight excluding hydrogens is 252 g/mol. The van der Waals surface area contributed by atoms with Crippen molar-refractivity contribution in [1.29, 1.82) is 0 Å². The van der Waals surface area contributed by atoms with Crippen molar-refractivity contribution in [2.75, 3.05) is 7.11 Å². The fraction of sp³-hybridized carbons (Fsp3) is 0.118. The third-order valence-electron chi connectivity index (χ3n) is 3.37. The topological polar surface area (TPSA) is 39.4 Å². The van der Waals surface area contributed by atoms with Gasteiger partial charge in [0.15, 0.2) is 11.3 Å². The maximum Gasteiger partial charge on any atom is 0.176 e. The molecule has 0 aliphatic carbocycles. The number of fused-ring (bicyclic) bond motifs is 1. The van der Waals surface area contributed by atoms with Crippen molar-refractivity contribution in [3.05, 3.63) is 53.8 Å². The molecule has 2 aromatic carbocycles. The monoisotopic (exact) mass is 266 g/mol. The zero-order valence-electron chi connectivity index (χ0n) is 11.3. The fourth-order valence-corrected chi connectivity index (χ4v) is 2.49. The molecule has 1 heterocycles. The van der Waals surface area contributed by atoms with Crippen molar-refractivity contribution in [3.63, 3.8) is 0 Å². The van der Waals surface area contributed by atoms with E-state index in [1.54, 1.807) is 13.2 Å². The number of aryl methyl sites for hydroxylation is 1. The normalized spacial score (nSPS) is 10.7. The third-order valence-corrected chi connectivity index (χ3v) is 3.37. The van der Waals surface area contributed by atoms with Crippen molar-refractivity contribution >= 4 is 17.3 Å².